The average molecular weight is 416 g/mol. The van der Waals surface area contributed by atoms with Crippen molar-refractivity contribution in [3.63, 3.8) is 0 Å². The van der Waals surface area contributed by atoms with Gasteiger partial charge in [-0.3, -0.25) is 4.79 Å². The van der Waals surface area contributed by atoms with E-state index in [1.54, 1.807) is 0 Å². The molecule has 2 N–H and O–H groups in total. The van der Waals surface area contributed by atoms with Crippen molar-refractivity contribution in [2.45, 2.75) is 58.0 Å². The van der Waals surface area contributed by atoms with Crippen LogP contribution in [0.1, 0.15) is 56.9 Å². The Hall–Kier alpha value is -2.08. The van der Waals surface area contributed by atoms with Gasteiger partial charge in [0.1, 0.15) is 6.61 Å². The Morgan fingerprint density at radius 1 is 0.967 bits per heavy atom. The Morgan fingerprint density at radius 3 is 2.53 bits per heavy atom. The summed E-state index contributed by atoms with van der Waals surface area (Å²) in [7, 11) is 0. The molecular formula is C24H37N3O3. The molecule has 1 heterocycles. The standard InChI is InChI=1S/C24H37N3O3/c28-23(13-14-25-24(29)30-19-21-10-5-2-6-11-21)26-16-22-12-7-15-27(18-22)17-20-8-3-1-4-9-20/h2,5-6,10-11,20,22H,1,3-4,7-9,12-19H2,(H,25,29)(H,26,28)/t22-/m1/s1. The SMILES string of the molecule is O=C(CCNC(=O)OCc1ccccc1)NC[C@H]1CCCN(CC2CCCCC2)C1. The van der Waals surface area contributed by atoms with Crippen LogP contribution >= 0.6 is 0 Å². The number of nitrogens with one attached hydrogen (secondary N) is 2. The summed E-state index contributed by atoms with van der Waals surface area (Å²) in [5.41, 5.74) is 0.940. The molecule has 1 aliphatic carbocycles. The molecule has 1 atom stereocenters. The highest BCUT2D eigenvalue weighted by molar-refractivity contribution is 5.77. The fourth-order valence-corrected chi connectivity index (χ4v) is 4.62. The first-order valence-corrected chi connectivity index (χ1v) is 11.6. The van der Waals surface area contributed by atoms with E-state index in [0.29, 0.717) is 5.92 Å². The number of carbonyl (C=O) groups excluding carboxylic acids is 2. The van der Waals surface area contributed by atoms with Crippen LogP contribution in [-0.4, -0.2) is 49.6 Å². The monoisotopic (exact) mass is 415 g/mol. The number of nitrogens with zero attached hydrogens (tertiary/aromatic N) is 1. The van der Waals surface area contributed by atoms with Crippen LogP contribution in [0.25, 0.3) is 0 Å². The Bertz CT molecular complexity index is 646. The third kappa shape index (κ3) is 8.34. The first kappa shape index (κ1) is 22.6. The van der Waals surface area contributed by atoms with Crippen LogP contribution in [0.3, 0.4) is 0 Å². The van der Waals surface area contributed by atoms with E-state index >= 15 is 0 Å². The molecule has 6 heteroatoms. The van der Waals surface area contributed by atoms with Gasteiger partial charge in [0.15, 0.2) is 0 Å². The number of ether oxygens (including phenoxy) is 1. The molecule has 0 aromatic heterocycles. The van der Waals surface area contributed by atoms with Crippen LogP contribution in [0.5, 0.6) is 0 Å². The molecule has 0 spiro atoms. The van der Waals surface area contributed by atoms with Crippen molar-refractivity contribution in [3.05, 3.63) is 35.9 Å². The molecule has 1 saturated carbocycles. The highest BCUT2D eigenvalue weighted by atomic mass is 16.5. The minimum atomic E-state index is -0.489. The van der Waals surface area contributed by atoms with Gasteiger partial charge in [0.05, 0.1) is 0 Å². The summed E-state index contributed by atoms with van der Waals surface area (Å²) in [6.07, 6.45) is 9.17. The van der Waals surface area contributed by atoms with Gasteiger partial charge in [-0.15, -0.1) is 0 Å². The average Bonchev–Trinajstić information content (AvgIpc) is 2.78. The van der Waals surface area contributed by atoms with Gasteiger partial charge in [0.2, 0.25) is 5.91 Å². The van der Waals surface area contributed by atoms with Crippen molar-refractivity contribution in [2.75, 3.05) is 32.7 Å². The zero-order chi connectivity index (χ0) is 21.0. The fourth-order valence-electron chi connectivity index (χ4n) is 4.62. The van der Waals surface area contributed by atoms with E-state index in [-0.39, 0.29) is 25.5 Å². The molecule has 6 nitrogen and oxygen atoms in total. The third-order valence-electron chi connectivity index (χ3n) is 6.27. The number of alkyl carbamates (subject to hydrolysis) is 1. The molecule has 1 aliphatic heterocycles. The van der Waals surface area contributed by atoms with Crippen molar-refractivity contribution < 1.29 is 14.3 Å². The Kier molecular flexibility index (Phi) is 9.48. The van der Waals surface area contributed by atoms with Gasteiger partial charge in [-0.05, 0) is 49.6 Å². The second kappa shape index (κ2) is 12.6. The molecule has 1 aromatic carbocycles. The van der Waals surface area contributed by atoms with Crippen molar-refractivity contribution >= 4 is 12.0 Å². The summed E-state index contributed by atoms with van der Waals surface area (Å²) >= 11 is 0. The van der Waals surface area contributed by atoms with Crippen LogP contribution < -0.4 is 10.6 Å². The van der Waals surface area contributed by atoms with Crippen molar-refractivity contribution in [3.8, 4) is 0 Å². The third-order valence-corrected chi connectivity index (χ3v) is 6.27. The number of amides is 2. The lowest BCUT2D eigenvalue weighted by atomic mass is 9.88. The Balaban J connectivity index is 1.24. The maximum absolute atomic E-state index is 12.1. The van der Waals surface area contributed by atoms with Crippen LogP contribution in [-0.2, 0) is 16.1 Å². The Labute approximate surface area is 180 Å². The number of hydrogen-bond donors (Lipinski definition) is 2. The number of carbonyl (C=O) groups is 2. The second-order valence-electron chi connectivity index (χ2n) is 8.81. The van der Waals surface area contributed by atoms with Gasteiger partial charge in [0, 0.05) is 32.6 Å². The predicted octanol–water partition coefficient (Wildman–Crippen LogP) is 3.71. The maximum Gasteiger partial charge on any atom is 0.407 e. The van der Waals surface area contributed by atoms with Crippen molar-refractivity contribution in [2.24, 2.45) is 11.8 Å². The molecule has 2 amide bonds. The van der Waals surface area contributed by atoms with Crippen molar-refractivity contribution in [1.82, 2.24) is 15.5 Å². The van der Waals surface area contributed by atoms with E-state index in [4.69, 9.17) is 4.74 Å². The van der Waals surface area contributed by atoms with E-state index in [1.807, 2.05) is 30.3 Å². The number of rotatable bonds is 9. The van der Waals surface area contributed by atoms with Gasteiger partial charge in [0.25, 0.3) is 0 Å². The van der Waals surface area contributed by atoms with E-state index in [9.17, 15) is 9.59 Å². The van der Waals surface area contributed by atoms with Gasteiger partial charge in [-0.1, -0.05) is 49.6 Å². The minimum Gasteiger partial charge on any atom is -0.445 e. The maximum atomic E-state index is 12.1. The molecule has 3 rings (SSSR count). The molecule has 0 bridgehead atoms. The first-order valence-electron chi connectivity index (χ1n) is 11.6. The lowest BCUT2D eigenvalue weighted by Crippen LogP contribution is -2.43. The van der Waals surface area contributed by atoms with Crippen LogP contribution in [0, 0.1) is 11.8 Å². The first-order chi connectivity index (χ1) is 14.7. The smallest absolute Gasteiger partial charge is 0.407 e. The highest BCUT2D eigenvalue weighted by Crippen LogP contribution is 2.26. The van der Waals surface area contributed by atoms with Gasteiger partial charge < -0.3 is 20.3 Å². The lowest BCUT2D eigenvalue weighted by molar-refractivity contribution is -0.121. The lowest BCUT2D eigenvalue weighted by Gasteiger charge is -2.36. The molecule has 0 radical (unpaired) electrons. The van der Waals surface area contributed by atoms with Gasteiger partial charge in [-0.25, -0.2) is 4.79 Å². The molecule has 2 fully saturated rings. The van der Waals surface area contributed by atoms with Crippen LogP contribution in [0.4, 0.5) is 4.79 Å². The summed E-state index contributed by atoms with van der Waals surface area (Å²) in [6.45, 7) is 4.80. The second-order valence-corrected chi connectivity index (χ2v) is 8.81. The molecule has 30 heavy (non-hydrogen) atoms. The molecule has 2 aliphatic rings. The normalized spacial score (nSPS) is 20.5. The quantitative estimate of drug-likeness (QED) is 0.645. The molecular weight excluding hydrogens is 378 g/mol. The van der Waals surface area contributed by atoms with Crippen LogP contribution in [0.2, 0.25) is 0 Å². The largest absolute Gasteiger partial charge is 0.445 e. The van der Waals surface area contributed by atoms with E-state index in [0.717, 1.165) is 24.6 Å². The van der Waals surface area contributed by atoms with Crippen LogP contribution in [0.15, 0.2) is 30.3 Å². The summed E-state index contributed by atoms with van der Waals surface area (Å²) in [6, 6.07) is 9.54. The van der Waals surface area contributed by atoms with E-state index in [1.165, 1.54) is 58.0 Å². The van der Waals surface area contributed by atoms with Gasteiger partial charge in [-0.2, -0.15) is 0 Å². The van der Waals surface area contributed by atoms with Crippen molar-refractivity contribution in [1.29, 1.82) is 0 Å². The number of hydrogen-bond acceptors (Lipinski definition) is 4. The summed E-state index contributed by atoms with van der Waals surface area (Å²) in [4.78, 5) is 26.5. The summed E-state index contributed by atoms with van der Waals surface area (Å²) in [5.74, 6) is 1.40. The zero-order valence-corrected chi connectivity index (χ0v) is 18.1. The summed E-state index contributed by atoms with van der Waals surface area (Å²) < 4.78 is 5.15. The minimum absolute atomic E-state index is 0.0113. The highest BCUT2D eigenvalue weighted by Gasteiger charge is 2.23. The molecule has 1 saturated heterocycles. The van der Waals surface area contributed by atoms with Gasteiger partial charge >= 0.3 is 6.09 Å². The Morgan fingerprint density at radius 2 is 1.73 bits per heavy atom. The topological polar surface area (TPSA) is 70.7 Å². The molecule has 1 aromatic rings. The number of likely N-dealkylation sites (tertiary alicyclic amines) is 1. The number of piperidine rings is 1. The molecule has 166 valence electrons. The summed E-state index contributed by atoms with van der Waals surface area (Å²) in [5, 5.41) is 5.69. The fraction of sp³-hybridized carbons (Fsp3) is 0.667. The van der Waals surface area contributed by atoms with E-state index < -0.39 is 6.09 Å². The zero-order valence-electron chi connectivity index (χ0n) is 18.1. The van der Waals surface area contributed by atoms with E-state index in [2.05, 4.69) is 15.5 Å². The molecule has 0 unspecified atom stereocenters. The number of benzene rings is 1. The predicted molar refractivity (Wildman–Crippen MR) is 118 cm³/mol.